The van der Waals surface area contributed by atoms with Crippen LogP contribution in [0, 0.1) is 0 Å². The Morgan fingerprint density at radius 1 is 1.69 bits per heavy atom. The summed E-state index contributed by atoms with van der Waals surface area (Å²) in [5, 5.41) is 3.45. The van der Waals surface area contributed by atoms with Gasteiger partial charge in [0.15, 0.2) is 0 Å². The van der Waals surface area contributed by atoms with Gasteiger partial charge >= 0.3 is 0 Å². The Morgan fingerprint density at radius 2 is 2.62 bits per heavy atom. The minimum Gasteiger partial charge on any atom is -0.467 e. The van der Waals surface area contributed by atoms with Gasteiger partial charge in [-0.15, -0.1) is 0 Å². The molecule has 2 heterocycles. The first-order valence-electron chi connectivity index (χ1n) is 4.65. The SMILES string of the molecule is COCC1(c2ccco2)CCCN1. The highest BCUT2D eigenvalue weighted by molar-refractivity contribution is 5.14. The molecule has 3 heteroatoms. The lowest BCUT2D eigenvalue weighted by Gasteiger charge is -2.26. The number of hydrogen-bond acceptors (Lipinski definition) is 3. The molecule has 2 rings (SSSR count). The molecule has 1 N–H and O–H groups in total. The van der Waals surface area contributed by atoms with Crippen LogP contribution in [0.3, 0.4) is 0 Å². The number of methoxy groups -OCH3 is 1. The van der Waals surface area contributed by atoms with Gasteiger partial charge in [0.05, 0.1) is 12.9 Å². The molecule has 1 atom stereocenters. The summed E-state index contributed by atoms with van der Waals surface area (Å²) in [6.45, 7) is 1.73. The summed E-state index contributed by atoms with van der Waals surface area (Å²) >= 11 is 0. The van der Waals surface area contributed by atoms with E-state index in [0.29, 0.717) is 6.61 Å². The average molecular weight is 181 g/mol. The van der Waals surface area contributed by atoms with Crippen molar-refractivity contribution in [1.29, 1.82) is 0 Å². The standard InChI is InChI=1S/C10H15NO2/c1-12-8-10(5-3-6-11-10)9-4-2-7-13-9/h2,4,7,11H,3,5-6,8H2,1H3. The molecule has 3 nitrogen and oxygen atoms in total. The first-order valence-corrected chi connectivity index (χ1v) is 4.65. The molecule has 0 saturated carbocycles. The van der Waals surface area contributed by atoms with E-state index in [1.165, 1.54) is 6.42 Å². The van der Waals surface area contributed by atoms with E-state index in [1.54, 1.807) is 13.4 Å². The van der Waals surface area contributed by atoms with Gasteiger partial charge < -0.3 is 14.5 Å². The minimum atomic E-state index is -0.0712. The lowest BCUT2D eigenvalue weighted by molar-refractivity contribution is 0.105. The normalized spacial score (nSPS) is 28.1. The van der Waals surface area contributed by atoms with Crippen LogP contribution < -0.4 is 5.32 Å². The molecule has 1 fully saturated rings. The fourth-order valence-corrected chi connectivity index (χ4v) is 2.01. The van der Waals surface area contributed by atoms with Crippen LogP contribution in [0.2, 0.25) is 0 Å². The van der Waals surface area contributed by atoms with Gasteiger partial charge in [0, 0.05) is 7.11 Å². The second kappa shape index (κ2) is 3.52. The third kappa shape index (κ3) is 1.49. The van der Waals surface area contributed by atoms with Crippen LogP contribution in [0.25, 0.3) is 0 Å². The number of nitrogens with one attached hydrogen (secondary N) is 1. The van der Waals surface area contributed by atoms with Crippen molar-refractivity contribution in [2.75, 3.05) is 20.3 Å². The lowest BCUT2D eigenvalue weighted by Crippen LogP contribution is -2.40. The average Bonchev–Trinajstić information content (AvgIpc) is 2.73. The van der Waals surface area contributed by atoms with Gasteiger partial charge in [0.1, 0.15) is 11.3 Å². The maximum atomic E-state index is 5.43. The number of hydrogen-bond donors (Lipinski definition) is 1. The van der Waals surface area contributed by atoms with Crippen molar-refractivity contribution in [3.05, 3.63) is 24.2 Å². The molecule has 1 aliphatic rings. The third-order valence-corrected chi connectivity index (χ3v) is 2.63. The highest BCUT2D eigenvalue weighted by Crippen LogP contribution is 2.31. The van der Waals surface area contributed by atoms with E-state index in [-0.39, 0.29) is 5.54 Å². The summed E-state index contributed by atoms with van der Waals surface area (Å²) in [6.07, 6.45) is 3.99. The molecule has 1 aromatic rings. The topological polar surface area (TPSA) is 34.4 Å². The monoisotopic (exact) mass is 181 g/mol. The van der Waals surface area contributed by atoms with Crippen LogP contribution in [0.5, 0.6) is 0 Å². The van der Waals surface area contributed by atoms with E-state index < -0.39 is 0 Å². The molecular weight excluding hydrogens is 166 g/mol. The van der Waals surface area contributed by atoms with Crippen molar-refractivity contribution >= 4 is 0 Å². The molecule has 0 spiro atoms. The predicted octanol–water partition coefficient (Wildman–Crippen LogP) is 1.50. The van der Waals surface area contributed by atoms with E-state index in [2.05, 4.69) is 5.32 Å². The van der Waals surface area contributed by atoms with Crippen LogP contribution in [0.15, 0.2) is 22.8 Å². The largest absolute Gasteiger partial charge is 0.467 e. The van der Waals surface area contributed by atoms with E-state index >= 15 is 0 Å². The molecule has 0 amide bonds. The van der Waals surface area contributed by atoms with Gasteiger partial charge in [0.2, 0.25) is 0 Å². The Labute approximate surface area is 78.1 Å². The van der Waals surface area contributed by atoms with Crippen LogP contribution in [-0.4, -0.2) is 20.3 Å². The Balaban J connectivity index is 2.22. The Bertz CT molecular complexity index is 250. The maximum Gasteiger partial charge on any atom is 0.126 e. The van der Waals surface area contributed by atoms with Crippen molar-refractivity contribution in [3.63, 3.8) is 0 Å². The predicted molar refractivity (Wildman–Crippen MR) is 49.5 cm³/mol. The van der Waals surface area contributed by atoms with Gasteiger partial charge in [-0.1, -0.05) is 0 Å². The molecular formula is C10H15NO2. The molecule has 0 aliphatic carbocycles. The van der Waals surface area contributed by atoms with E-state index in [9.17, 15) is 0 Å². The Kier molecular flexibility index (Phi) is 2.38. The van der Waals surface area contributed by atoms with Crippen molar-refractivity contribution in [3.8, 4) is 0 Å². The highest BCUT2D eigenvalue weighted by atomic mass is 16.5. The molecule has 1 aromatic heterocycles. The van der Waals surface area contributed by atoms with E-state index in [1.807, 2.05) is 12.1 Å². The zero-order valence-electron chi connectivity index (χ0n) is 7.88. The lowest BCUT2D eigenvalue weighted by atomic mass is 9.95. The second-order valence-corrected chi connectivity index (χ2v) is 3.52. The first-order chi connectivity index (χ1) is 6.37. The van der Waals surface area contributed by atoms with Crippen LogP contribution in [0.1, 0.15) is 18.6 Å². The highest BCUT2D eigenvalue weighted by Gasteiger charge is 2.37. The molecule has 1 unspecified atom stereocenters. The van der Waals surface area contributed by atoms with Crippen molar-refractivity contribution < 1.29 is 9.15 Å². The van der Waals surface area contributed by atoms with Crippen LogP contribution in [-0.2, 0) is 10.3 Å². The molecule has 13 heavy (non-hydrogen) atoms. The summed E-state index contributed by atoms with van der Waals surface area (Å²) in [5.74, 6) is 0.992. The van der Waals surface area contributed by atoms with Crippen LogP contribution >= 0.6 is 0 Å². The van der Waals surface area contributed by atoms with Crippen LogP contribution in [0.4, 0.5) is 0 Å². The zero-order valence-corrected chi connectivity index (χ0v) is 7.88. The number of ether oxygens (including phenoxy) is 1. The van der Waals surface area contributed by atoms with Crippen molar-refractivity contribution in [2.24, 2.45) is 0 Å². The smallest absolute Gasteiger partial charge is 0.126 e. The van der Waals surface area contributed by atoms with Crippen molar-refractivity contribution in [1.82, 2.24) is 5.32 Å². The minimum absolute atomic E-state index is 0.0712. The van der Waals surface area contributed by atoms with E-state index in [0.717, 1.165) is 18.7 Å². The molecule has 0 aromatic carbocycles. The van der Waals surface area contributed by atoms with Crippen molar-refractivity contribution in [2.45, 2.75) is 18.4 Å². The van der Waals surface area contributed by atoms with Gasteiger partial charge in [-0.3, -0.25) is 0 Å². The quantitative estimate of drug-likeness (QED) is 0.767. The van der Waals surface area contributed by atoms with Gasteiger partial charge in [0.25, 0.3) is 0 Å². The fourth-order valence-electron chi connectivity index (χ4n) is 2.01. The summed E-state index contributed by atoms with van der Waals surface area (Å²) in [6, 6.07) is 3.93. The Hall–Kier alpha value is -0.800. The third-order valence-electron chi connectivity index (χ3n) is 2.63. The second-order valence-electron chi connectivity index (χ2n) is 3.52. The molecule has 0 radical (unpaired) electrons. The molecule has 72 valence electrons. The summed E-state index contributed by atoms with van der Waals surface area (Å²) in [5.41, 5.74) is -0.0712. The van der Waals surface area contributed by atoms with Gasteiger partial charge in [-0.25, -0.2) is 0 Å². The molecule has 1 aliphatic heterocycles. The van der Waals surface area contributed by atoms with Gasteiger partial charge in [-0.05, 0) is 31.5 Å². The van der Waals surface area contributed by atoms with Gasteiger partial charge in [-0.2, -0.15) is 0 Å². The molecule has 0 bridgehead atoms. The zero-order chi connectivity index (χ0) is 9.15. The summed E-state index contributed by atoms with van der Waals surface area (Å²) < 4.78 is 10.7. The number of rotatable bonds is 3. The fraction of sp³-hybridized carbons (Fsp3) is 0.600. The number of furan rings is 1. The summed E-state index contributed by atoms with van der Waals surface area (Å²) in [4.78, 5) is 0. The molecule has 1 saturated heterocycles. The Morgan fingerprint density at radius 3 is 3.15 bits per heavy atom. The summed E-state index contributed by atoms with van der Waals surface area (Å²) in [7, 11) is 1.73. The van der Waals surface area contributed by atoms with E-state index in [4.69, 9.17) is 9.15 Å². The first kappa shape index (κ1) is 8.78. The maximum absolute atomic E-state index is 5.43.